The highest BCUT2D eigenvalue weighted by molar-refractivity contribution is 5.68. The van der Waals surface area contributed by atoms with Gasteiger partial charge in [-0.1, -0.05) is 19.3 Å². The molecule has 134 valence electrons. The third kappa shape index (κ3) is 6.33. The van der Waals surface area contributed by atoms with Crippen molar-refractivity contribution in [2.24, 2.45) is 5.92 Å². The molecular formula is C19H36N2O2. The van der Waals surface area contributed by atoms with E-state index in [9.17, 15) is 4.79 Å². The van der Waals surface area contributed by atoms with Crippen molar-refractivity contribution in [1.29, 1.82) is 0 Å². The predicted octanol–water partition coefficient (Wildman–Crippen LogP) is 4.33. The maximum absolute atomic E-state index is 12.2. The highest BCUT2D eigenvalue weighted by atomic mass is 16.6. The summed E-state index contributed by atoms with van der Waals surface area (Å²) in [5.41, 5.74) is -0.406. The van der Waals surface area contributed by atoms with Gasteiger partial charge in [-0.15, -0.1) is 0 Å². The predicted molar refractivity (Wildman–Crippen MR) is 94.6 cm³/mol. The molecule has 4 heteroatoms. The lowest BCUT2D eigenvalue weighted by Crippen LogP contribution is -2.42. The topological polar surface area (TPSA) is 41.6 Å². The Morgan fingerprint density at radius 2 is 1.74 bits per heavy atom. The number of nitrogens with one attached hydrogen (secondary N) is 1. The molecule has 0 radical (unpaired) electrons. The number of carbonyl (C=O) groups is 1. The van der Waals surface area contributed by atoms with Crippen LogP contribution in [-0.4, -0.2) is 41.8 Å². The average Bonchev–Trinajstić information content (AvgIpc) is 2.72. The van der Waals surface area contributed by atoms with E-state index in [2.05, 4.69) is 12.2 Å². The van der Waals surface area contributed by atoms with Crippen molar-refractivity contribution in [2.45, 2.75) is 96.7 Å². The second-order valence-corrected chi connectivity index (χ2v) is 8.45. The van der Waals surface area contributed by atoms with Gasteiger partial charge in [0.15, 0.2) is 0 Å². The Labute approximate surface area is 142 Å². The van der Waals surface area contributed by atoms with Crippen LogP contribution < -0.4 is 5.32 Å². The molecule has 2 aliphatic rings. The van der Waals surface area contributed by atoms with Gasteiger partial charge < -0.3 is 15.0 Å². The number of carbonyl (C=O) groups excluding carboxylic acids is 1. The van der Waals surface area contributed by atoms with Crippen LogP contribution in [0.1, 0.15) is 79.1 Å². The highest BCUT2D eigenvalue weighted by Crippen LogP contribution is 2.27. The van der Waals surface area contributed by atoms with Crippen LogP contribution in [0.3, 0.4) is 0 Å². The zero-order chi connectivity index (χ0) is 16.9. The van der Waals surface area contributed by atoms with Crippen molar-refractivity contribution in [3.63, 3.8) is 0 Å². The number of ether oxygens (including phenoxy) is 1. The van der Waals surface area contributed by atoms with Crippen LogP contribution in [0.4, 0.5) is 4.79 Å². The summed E-state index contributed by atoms with van der Waals surface area (Å²) in [5.74, 6) is 0.842. The third-order valence-corrected chi connectivity index (χ3v) is 5.24. The van der Waals surface area contributed by atoms with E-state index in [-0.39, 0.29) is 6.09 Å². The van der Waals surface area contributed by atoms with Gasteiger partial charge in [-0.2, -0.15) is 0 Å². The first-order valence-corrected chi connectivity index (χ1v) is 9.59. The minimum Gasteiger partial charge on any atom is -0.444 e. The van der Waals surface area contributed by atoms with Gasteiger partial charge in [0.1, 0.15) is 5.60 Å². The standard InChI is InChI=1S/C19H36N2O2/c1-15(16-9-6-5-7-10-16)20-17-11-8-13-21(14-12-17)18(22)23-19(2,3)4/h15-17,20H,5-14H2,1-4H3/t15-,17?/m0/s1. The third-order valence-electron chi connectivity index (χ3n) is 5.24. The van der Waals surface area contributed by atoms with Gasteiger partial charge in [-0.05, 0) is 65.7 Å². The molecule has 1 amide bonds. The van der Waals surface area contributed by atoms with Crippen LogP contribution in [0.25, 0.3) is 0 Å². The molecule has 0 aromatic heterocycles. The molecule has 23 heavy (non-hydrogen) atoms. The number of nitrogens with zero attached hydrogens (tertiary/aromatic N) is 1. The van der Waals surface area contributed by atoms with Crippen LogP contribution in [0, 0.1) is 5.92 Å². The minimum atomic E-state index is -0.406. The molecular weight excluding hydrogens is 288 g/mol. The van der Waals surface area contributed by atoms with Crippen molar-refractivity contribution in [1.82, 2.24) is 10.2 Å². The van der Waals surface area contributed by atoms with Gasteiger partial charge in [-0.3, -0.25) is 0 Å². The summed E-state index contributed by atoms with van der Waals surface area (Å²) in [7, 11) is 0. The summed E-state index contributed by atoms with van der Waals surface area (Å²) >= 11 is 0. The maximum atomic E-state index is 12.2. The number of hydrogen-bond donors (Lipinski definition) is 1. The molecule has 1 saturated heterocycles. The molecule has 4 nitrogen and oxygen atoms in total. The van der Waals surface area contributed by atoms with E-state index in [1.165, 1.54) is 32.1 Å². The van der Waals surface area contributed by atoms with Crippen molar-refractivity contribution in [3.05, 3.63) is 0 Å². The normalized spacial score (nSPS) is 25.7. The highest BCUT2D eigenvalue weighted by Gasteiger charge is 2.27. The Hall–Kier alpha value is -0.770. The van der Waals surface area contributed by atoms with Gasteiger partial charge in [0.25, 0.3) is 0 Å². The summed E-state index contributed by atoms with van der Waals surface area (Å²) in [4.78, 5) is 14.1. The van der Waals surface area contributed by atoms with Gasteiger partial charge in [0.05, 0.1) is 0 Å². The fourth-order valence-corrected chi connectivity index (χ4v) is 3.91. The van der Waals surface area contributed by atoms with E-state index < -0.39 is 5.60 Å². The Kier molecular flexibility index (Phi) is 6.75. The number of hydrogen-bond acceptors (Lipinski definition) is 3. The number of rotatable bonds is 3. The lowest BCUT2D eigenvalue weighted by molar-refractivity contribution is 0.0256. The second kappa shape index (κ2) is 8.36. The summed E-state index contributed by atoms with van der Waals surface area (Å²) < 4.78 is 5.51. The van der Waals surface area contributed by atoms with E-state index in [1.54, 1.807) is 0 Å². The molecule has 1 saturated carbocycles. The van der Waals surface area contributed by atoms with Crippen molar-refractivity contribution in [2.75, 3.05) is 13.1 Å². The second-order valence-electron chi connectivity index (χ2n) is 8.45. The van der Waals surface area contributed by atoms with Crippen LogP contribution in [0.5, 0.6) is 0 Å². The Bertz CT molecular complexity index is 372. The van der Waals surface area contributed by atoms with Gasteiger partial charge in [-0.25, -0.2) is 4.79 Å². The molecule has 0 spiro atoms. The Balaban J connectivity index is 1.78. The van der Waals surface area contributed by atoms with Crippen LogP contribution in [0.2, 0.25) is 0 Å². The molecule has 1 aliphatic heterocycles. The van der Waals surface area contributed by atoms with E-state index in [4.69, 9.17) is 4.74 Å². The van der Waals surface area contributed by atoms with Crippen LogP contribution in [-0.2, 0) is 4.74 Å². The molecule has 2 rings (SSSR count). The molecule has 2 fully saturated rings. The van der Waals surface area contributed by atoms with Crippen molar-refractivity contribution in [3.8, 4) is 0 Å². The maximum Gasteiger partial charge on any atom is 0.410 e. The zero-order valence-electron chi connectivity index (χ0n) is 15.6. The molecule has 1 aliphatic carbocycles. The quantitative estimate of drug-likeness (QED) is 0.840. The van der Waals surface area contributed by atoms with Crippen LogP contribution >= 0.6 is 0 Å². The van der Waals surface area contributed by atoms with E-state index in [0.717, 1.165) is 38.3 Å². The monoisotopic (exact) mass is 324 g/mol. The van der Waals surface area contributed by atoms with Gasteiger partial charge >= 0.3 is 6.09 Å². The van der Waals surface area contributed by atoms with E-state index >= 15 is 0 Å². The summed E-state index contributed by atoms with van der Waals surface area (Å²) in [5, 5.41) is 3.86. The summed E-state index contributed by atoms with van der Waals surface area (Å²) in [6, 6.07) is 1.15. The number of amides is 1. The molecule has 1 unspecified atom stereocenters. The lowest BCUT2D eigenvalue weighted by atomic mass is 9.84. The molecule has 1 heterocycles. The zero-order valence-corrected chi connectivity index (χ0v) is 15.6. The lowest BCUT2D eigenvalue weighted by Gasteiger charge is -2.31. The molecule has 0 bridgehead atoms. The summed E-state index contributed by atoms with van der Waals surface area (Å²) in [6.45, 7) is 9.78. The van der Waals surface area contributed by atoms with E-state index in [0.29, 0.717) is 12.1 Å². The van der Waals surface area contributed by atoms with Crippen LogP contribution in [0.15, 0.2) is 0 Å². The Morgan fingerprint density at radius 3 is 2.39 bits per heavy atom. The first-order chi connectivity index (χ1) is 10.8. The fraction of sp³-hybridized carbons (Fsp3) is 0.947. The molecule has 0 aromatic rings. The smallest absolute Gasteiger partial charge is 0.410 e. The van der Waals surface area contributed by atoms with Gasteiger partial charge in [0.2, 0.25) is 0 Å². The largest absolute Gasteiger partial charge is 0.444 e. The van der Waals surface area contributed by atoms with Crippen molar-refractivity contribution < 1.29 is 9.53 Å². The van der Waals surface area contributed by atoms with Crippen molar-refractivity contribution >= 4 is 6.09 Å². The summed E-state index contributed by atoms with van der Waals surface area (Å²) in [6.07, 6.45) is 10.1. The molecule has 2 atom stereocenters. The van der Waals surface area contributed by atoms with Gasteiger partial charge in [0, 0.05) is 25.2 Å². The molecule has 1 N–H and O–H groups in total. The SMILES string of the molecule is C[C@H](NC1CCCN(C(=O)OC(C)(C)C)CC1)C1CCCCC1. The van der Waals surface area contributed by atoms with E-state index in [1.807, 2.05) is 25.7 Å². The first kappa shape index (κ1) is 18.6. The molecule has 0 aromatic carbocycles. The minimum absolute atomic E-state index is 0.154. The first-order valence-electron chi connectivity index (χ1n) is 9.59. The number of likely N-dealkylation sites (tertiary alicyclic amines) is 1. The fourth-order valence-electron chi connectivity index (χ4n) is 3.91. The average molecular weight is 325 g/mol. The Morgan fingerprint density at radius 1 is 1.04 bits per heavy atom.